The molecule has 0 amide bonds. The first-order valence-electron chi connectivity index (χ1n) is 1.10. The van der Waals surface area contributed by atoms with E-state index in [-0.39, 0.29) is 5.34 Å². The second-order valence-corrected chi connectivity index (χ2v) is 1.32. The van der Waals surface area contributed by atoms with E-state index in [1.54, 1.807) is 0 Å². The van der Waals surface area contributed by atoms with Gasteiger partial charge in [0.15, 0.2) is 0 Å². The third kappa shape index (κ3) is 244. The molecule has 0 spiro atoms. The van der Waals surface area contributed by atoms with Gasteiger partial charge in [0, 0.05) is 0 Å². The third-order valence-corrected chi connectivity index (χ3v) is 0. The van der Waals surface area contributed by atoms with E-state index >= 15 is 0 Å². The Labute approximate surface area is 52.4 Å². The molecule has 0 aromatic carbocycles. The van der Waals surface area contributed by atoms with Gasteiger partial charge in [-0.15, -0.1) is 23.2 Å². The number of alkyl halides is 2. The predicted molar refractivity (Wildman–Crippen MR) is 34.4 cm³/mol. The van der Waals surface area contributed by atoms with E-state index in [0.29, 0.717) is 0 Å². The van der Waals surface area contributed by atoms with Gasteiger partial charge in [-0.2, -0.15) is 0 Å². The number of hydrogen-bond acceptors (Lipinski definition) is 1. The average Bonchev–Trinajstić information content (AvgIpc) is 1.39. The van der Waals surface area contributed by atoms with Crippen LogP contribution in [0.5, 0.6) is 0 Å². The molecular formula is C2H5Cl2NS. The van der Waals surface area contributed by atoms with Crippen LogP contribution in [-0.2, 0) is 0 Å². The fraction of sp³-hybridized carbons (Fsp3) is 0.500. The summed E-state index contributed by atoms with van der Waals surface area (Å²) in [5.41, 5.74) is 5.62. The molecule has 0 radical (unpaired) electrons. The molecule has 38 valence electrons. The lowest BCUT2D eigenvalue weighted by Gasteiger charge is -1.42. The van der Waals surface area contributed by atoms with E-state index in [4.69, 9.17) is 23.2 Å². The smallest absolute Gasteiger partial charge is 0.0967 e. The molecule has 0 rings (SSSR count). The van der Waals surface area contributed by atoms with Crippen LogP contribution >= 0.6 is 35.4 Å². The van der Waals surface area contributed by atoms with Crippen molar-refractivity contribution in [2.75, 3.05) is 5.34 Å². The highest BCUT2D eigenvalue weighted by atomic mass is 35.5. The molecule has 0 aliphatic heterocycles. The van der Waals surface area contributed by atoms with Crippen LogP contribution in [0.15, 0.2) is 0 Å². The molecule has 0 fully saturated rings. The van der Waals surface area contributed by atoms with Crippen molar-refractivity contribution in [3.63, 3.8) is 0 Å². The van der Waals surface area contributed by atoms with Gasteiger partial charge in [0.25, 0.3) is 0 Å². The molecule has 0 atom stereocenters. The summed E-state index contributed by atoms with van der Waals surface area (Å²) in [5.74, 6) is 0. The monoisotopic (exact) mass is 145 g/mol. The fourth-order valence-electron chi connectivity index (χ4n) is 0. The minimum absolute atomic E-state index is 0.194. The summed E-state index contributed by atoms with van der Waals surface area (Å²) in [6.07, 6.45) is 0. The number of nitrogens with two attached hydrogens (primary N) is 1. The van der Waals surface area contributed by atoms with Crippen LogP contribution < -0.4 is 5.73 Å². The largest absolute Gasteiger partial charge is 0.396 e. The quantitative estimate of drug-likeness (QED) is 0.412. The molecule has 0 heterocycles. The SMILES string of the molecule is ClCCl.NC=S. The number of halogens is 2. The first-order chi connectivity index (χ1) is 2.83. The lowest BCUT2D eigenvalue weighted by molar-refractivity contribution is 1.93. The molecular weight excluding hydrogens is 141 g/mol. The molecule has 0 aromatic rings. The van der Waals surface area contributed by atoms with Crippen LogP contribution in [0.25, 0.3) is 0 Å². The first-order valence-corrected chi connectivity index (χ1v) is 2.64. The van der Waals surface area contributed by atoms with Crippen molar-refractivity contribution < 1.29 is 0 Å². The Bertz CT molecular complexity index is 25.5. The van der Waals surface area contributed by atoms with E-state index in [1.165, 1.54) is 0 Å². The van der Waals surface area contributed by atoms with Crippen molar-refractivity contribution in [1.29, 1.82) is 0 Å². The molecule has 0 aliphatic carbocycles. The van der Waals surface area contributed by atoms with E-state index in [2.05, 4.69) is 18.0 Å². The van der Waals surface area contributed by atoms with Crippen LogP contribution in [0.1, 0.15) is 0 Å². The van der Waals surface area contributed by atoms with E-state index in [1.807, 2.05) is 0 Å². The molecule has 2 N–H and O–H groups in total. The van der Waals surface area contributed by atoms with Crippen LogP contribution in [0.2, 0.25) is 0 Å². The maximum absolute atomic E-state index is 4.76. The van der Waals surface area contributed by atoms with Gasteiger partial charge in [-0.3, -0.25) is 0 Å². The first kappa shape index (κ1) is 9.69. The molecule has 6 heavy (non-hydrogen) atoms. The van der Waals surface area contributed by atoms with Crippen molar-refractivity contribution in [2.24, 2.45) is 5.73 Å². The van der Waals surface area contributed by atoms with Crippen LogP contribution in [-0.4, -0.2) is 10.8 Å². The van der Waals surface area contributed by atoms with Crippen LogP contribution in [0, 0.1) is 0 Å². The minimum atomic E-state index is 0.194. The molecule has 0 saturated carbocycles. The number of rotatable bonds is 0. The van der Waals surface area contributed by atoms with Crippen molar-refractivity contribution in [3.05, 3.63) is 0 Å². The normalized spacial score (nSPS) is 5.00. The lowest BCUT2D eigenvalue weighted by Crippen LogP contribution is -1.79. The van der Waals surface area contributed by atoms with Crippen molar-refractivity contribution in [2.45, 2.75) is 0 Å². The lowest BCUT2D eigenvalue weighted by atomic mass is 11.6. The van der Waals surface area contributed by atoms with Gasteiger partial charge in [0.2, 0.25) is 0 Å². The Kier molecular flexibility index (Phi) is 28.9. The Balaban J connectivity index is 0. The van der Waals surface area contributed by atoms with Gasteiger partial charge >= 0.3 is 0 Å². The van der Waals surface area contributed by atoms with Crippen LogP contribution in [0.3, 0.4) is 0 Å². The van der Waals surface area contributed by atoms with Crippen LogP contribution in [0.4, 0.5) is 0 Å². The zero-order valence-electron chi connectivity index (χ0n) is 3.03. The third-order valence-electron chi connectivity index (χ3n) is 0. The van der Waals surface area contributed by atoms with Gasteiger partial charge in [0.1, 0.15) is 0 Å². The number of thiocarbonyl (C=S) groups is 1. The van der Waals surface area contributed by atoms with E-state index in [9.17, 15) is 0 Å². The highest BCUT2D eigenvalue weighted by Gasteiger charge is 1.41. The second-order valence-electron chi connectivity index (χ2n) is 0.237. The van der Waals surface area contributed by atoms with Gasteiger partial charge < -0.3 is 5.73 Å². The molecule has 0 aliphatic rings. The standard InChI is InChI=1S/CH2Cl2.CH3NS/c2*2-1-3/h1H2;1H,(H2,2,3). The Morgan fingerprint density at radius 2 is 1.67 bits per heavy atom. The van der Waals surface area contributed by atoms with Gasteiger partial charge in [-0.25, -0.2) is 0 Å². The summed E-state index contributed by atoms with van der Waals surface area (Å²) >= 11 is 13.6. The van der Waals surface area contributed by atoms with Crippen molar-refractivity contribution in [1.82, 2.24) is 0 Å². The molecule has 0 saturated heterocycles. The molecule has 0 unspecified atom stereocenters. The predicted octanol–water partition coefficient (Wildman–Crippen LogP) is 1.32. The zero-order chi connectivity index (χ0) is 5.41. The van der Waals surface area contributed by atoms with E-state index < -0.39 is 0 Å². The van der Waals surface area contributed by atoms with Gasteiger partial charge in [-0.05, 0) is 0 Å². The Morgan fingerprint density at radius 1 is 1.67 bits per heavy atom. The highest BCUT2D eigenvalue weighted by molar-refractivity contribution is 7.78. The highest BCUT2D eigenvalue weighted by Crippen LogP contribution is 1.73. The zero-order valence-corrected chi connectivity index (χ0v) is 5.35. The molecule has 0 aromatic heterocycles. The van der Waals surface area contributed by atoms with Crippen molar-refractivity contribution >= 4 is 40.9 Å². The maximum Gasteiger partial charge on any atom is 0.0967 e. The van der Waals surface area contributed by atoms with E-state index in [0.717, 1.165) is 5.49 Å². The van der Waals surface area contributed by atoms with Crippen molar-refractivity contribution in [3.8, 4) is 0 Å². The summed E-state index contributed by atoms with van der Waals surface area (Å²) in [4.78, 5) is 0. The topological polar surface area (TPSA) is 26.0 Å². The van der Waals surface area contributed by atoms with Gasteiger partial charge in [-0.1, -0.05) is 12.2 Å². The average molecular weight is 146 g/mol. The summed E-state index contributed by atoms with van der Waals surface area (Å²) < 4.78 is 0. The minimum Gasteiger partial charge on any atom is -0.396 e. The number of hydrogen-bond donors (Lipinski definition) is 1. The second kappa shape index (κ2) is 17.9. The molecule has 0 bridgehead atoms. The Hall–Kier alpha value is 0.470. The Morgan fingerprint density at radius 3 is 1.67 bits per heavy atom. The maximum atomic E-state index is 4.76. The molecule has 4 heteroatoms. The summed E-state index contributed by atoms with van der Waals surface area (Å²) in [5, 5.41) is 0.194. The summed E-state index contributed by atoms with van der Waals surface area (Å²) in [7, 11) is 0. The molecule has 1 nitrogen and oxygen atoms in total. The summed E-state index contributed by atoms with van der Waals surface area (Å²) in [6, 6.07) is 0. The summed E-state index contributed by atoms with van der Waals surface area (Å²) in [6.45, 7) is 0. The fourth-order valence-corrected chi connectivity index (χ4v) is 0. The van der Waals surface area contributed by atoms with Gasteiger partial charge in [0.05, 0.1) is 10.8 Å².